The molecule has 0 unspecified atom stereocenters. The number of rotatable bonds is 4. The SMILES string of the molecule is C(=C/c1ccccc1)/CN1CCN(c2cnc3ccccc3n2)CC1. The number of piperazine rings is 1. The number of benzene rings is 2. The fourth-order valence-corrected chi connectivity index (χ4v) is 3.16. The van der Waals surface area contributed by atoms with E-state index >= 15 is 0 Å². The fraction of sp³-hybridized carbons (Fsp3) is 0.238. The molecule has 4 heteroatoms. The minimum atomic E-state index is 0.955. The van der Waals surface area contributed by atoms with E-state index in [0.29, 0.717) is 0 Å². The summed E-state index contributed by atoms with van der Waals surface area (Å²) in [7, 11) is 0. The van der Waals surface area contributed by atoms with Gasteiger partial charge in [-0.25, -0.2) is 4.98 Å². The van der Waals surface area contributed by atoms with Gasteiger partial charge in [0.05, 0.1) is 17.2 Å². The highest BCUT2D eigenvalue weighted by atomic mass is 15.3. The molecule has 0 radical (unpaired) electrons. The molecule has 0 amide bonds. The molecule has 0 saturated carbocycles. The van der Waals surface area contributed by atoms with E-state index in [4.69, 9.17) is 4.98 Å². The lowest BCUT2D eigenvalue weighted by atomic mass is 10.2. The largest absolute Gasteiger partial charge is 0.353 e. The Morgan fingerprint density at radius 2 is 1.56 bits per heavy atom. The summed E-state index contributed by atoms with van der Waals surface area (Å²) in [4.78, 5) is 14.1. The van der Waals surface area contributed by atoms with E-state index in [2.05, 4.69) is 51.2 Å². The molecule has 0 atom stereocenters. The first-order chi connectivity index (χ1) is 12.4. The summed E-state index contributed by atoms with van der Waals surface area (Å²) >= 11 is 0. The number of hydrogen-bond donors (Lipinski definition) is 0. The van der Waals surface area contributed by atoms with Crippen molar-refractivity contribution in [2.75, 3.05) is 37.6 Å². The summed E-state index contributed by atoms with van der Waals surface area (Å²) in [5, 5.41) is 0. The first-order valence-corrected chi connectivity index (χ1v) is 8.79. The first kappa shape index (κ1) is 15.8. The minimum absolute atomic E-state index is 0.955. The normalized spacial score (nSPS) is 15.9. The molecule has 2 aromatic carbocycles. The van der Waals surface area contributed by atoms with E-state index in [9.17, 15) is 0 Å². The van der Waals surface area contributed by atoms with Gasteiger partial charge >= 0.3 is 0 Å². The van der Waals surface area contributed by atoms with Gasteiger partial charge in [-0.1, -0.05) is 54.6 Å². The predicted molar refractivity (Wildman–Crippen MR) is 104 cm³/mol. The van der Waals surface area contributed by atoms with Crippen LogP contribution in [0, 0.1) is 0 Å². The van der Waals surface area contributed by atoms with Crippen LogP contribution in [0.1, 0.15) is 5.56 Å². The van der Waals surface area contributed by atoms with Gasteiger partial charge in [-0.3, -0.25) is 9.88 Å². The van der Waals surface area contributed by atoms with Crippen LogP contribution >= 0.6 is 0 Å². The summed E-state index contributed by atoms with van der Waals surface area (Å²) < 4.78 is 0. The molecule has 1 aliphatic rings. The quantitative estimate of drug-likeness (QED) is 0.733. The summed E-state index contributed by atoms with van der Waals surface area (Å²) in [6, 6.07) is 18.5. The molecule has 0 bridgehead atoms. The molecule has 0 spiro atoms. The van der Waals surface area contributed by atoms with Crippen LogP contribution in [0.4, 0.5) is 5.82 Å². The van der Waals surface area contributed by atoms with Crippen molar-refractivity contribution in [1.82, 2.24) is 14.9 Å². The van der Waals surface area contributed by atoms with Gasteiger partial charge in [0, 0.05) is 32.7 Å². The number of hydrogen-bond acceptors (Lipinski definition) is 4. The first-order valence-electron chi connectivity index (χ1n) is 8.79. The van der Waals surface area contributed by atoms with Crippen molar-refractivity contribution in [3.8, 4) is 0 Å². The summed E-state index contributed by atoms with van der Waals surface area (Å²) in [6.45, 7) is 5.08. The highest BCUT2D eigenvalue weighted by Crippen LogP contribution is 2.17. The van der Waals surface area contributed by atoms with Gasteiger partial charge in [0.25, 0.3) is 0 Å². The molecule has 1 aromatic heterocycles. The lowest BCUT2D eigenvalue weighted by Gasteiger charge is -2.34. The van der Waals surface area contributed by atoms with Gasteiger partial charge in [0.1, 0.15) is 5.82 Å². The summed E-state index contributed by atoms with van der Waals surface area (Å²) in [6.07, 6.45) is 6.34. The van der Waals surface area contributed by atoms with Crippen molar-refractivity contribution < 1.29 is 0 Å². The van der Waals surface area contributed by atoms with Gasteiger partial charge in [0.2, 0.25) is 0 Å². The van der Waals surface area contributed by atoms with Crippen LogP contribution in [0.2, 0.25) is 0 Å². The Balaban J connectivity index is 1.33. The lowest BCUT2D eigenvalue weighted by Crippen LogP contribution is -2.46. The maximum atomic E-state index is 4.76. The highest BCUT2D eigenvalue weighted by molar-refractivity contribution is 5.75. The molecule has 1 aliphatic heterocycles. The molecule has 2 heterocycles. The van der Waals surface area contributed by atoms with Crippen molar-refractivity contribution in [3.63, 3.8) is 0 Å². The van der Waals surface area contributed by atoms with E-state index in [1.54, 1.807) is 0 Å². The molecule has 0 N–H and O–H groups in total. The van der Waals surface area contributed by atoms with Crippen LogP contribution in [0.25, 0.3) is 17.1 Å². The average Bonchev–Trinajstić information content (AvgIpc) is 2.69. The molecule has 4 rings (SSSR count). The van der Waals surface area contributed by atoms with Gasteiger partial charge < -0.3 is 4.90 Å². The summed E-state index contributed by atoms with van der Waals surface area (Å²) in [5.41, 5.74) is 3.18. The van der Waals surface area contributed by atoms with E-state index in [0.717, 1.165) is 49.6 Å². The number of nitrogens with zero attached hydrogens (tertiary/aromatic N) is 4. The molecule has 4 nitrogen and oxygen atoms in total. The molecule has 1 fully saturated rings. The standard InChI is InChI=1S/C21H22N4/c1-2-7-18(8-3-1)9-6-12-24-13-15-25(16-14-24)21-17-22-19-10-4-5-11-20(19)23-21/h1-11,17H,12-16H2/b9-6-. The smallest absolute Gasteiger partial charge is 0.147 e. The molecular formula is C21H22N4. The number of fused-ring (bicyclic) bond motifs is 1. The molecule has 0 aliphatic carbocycles. The average molecular weight is 330 g/mol. The zero-order chi connectivity index (χ0) is 16.9. The molecule has 3 aromatic rings. The molecule has 1 saturated heterocycles. The Kier molecular flexibility index (Phi) is 4.70. The zero-order valence-electron chi connectivity index (χ0n) is 14.3. The van der Waals surface area contributed by atoms with Gasteiger partial charge in [-0.2, -0.15) is 0 Å². The minimum Gasteiger partial charge on any atom is -0.353 e. The zero-order valence-corrected chi connectivity index (χ0v) is 14.3. The monoisotopic (exact) mass is 330 g/mol. The fourth-order valence-electron chi connectivity index (χ4n) is 3.16. The Morgan fingerprint density at radius 1 is 0.840 bits per heavy atom. The third kappa shape index (κ3) is 3.86. The second-order valence-corrected chi connectivity index (χ2v) is 6.32. The molecular weight excluding hydrogens is 308 g/mol. The van der Waals surface area contributed by atoms with E-state index in [1.807, 2.05) is 36.5 Å². The van der Waals surface area contributed by atoms with Crippen molar-refractivity contribution in [2.45, 2.75) is 0 Å². The van der Waals surface area contributed by atoms with Crippen LogP contribution in [-0.4, -0.2) is 47.6 Å². The number of para-hydroxylation sites is 2. The highest BCUT2D eigenvalue weighted by Gasteiger charge is 2.17. The second-order valence-electron chi connectivity index (χ2n) is 6.32. The van der Waals surface area contributed by atoms with Crippen LogP contribution in [0.3, 0.4) is 0 Å². The topological polar surface area (TPSA) is 32.3 Å². The van der Waals surface area contributed by atoms with Crippen LogP contribution in [0.15, 0.2) is 66.9 Å². The Bertz CT molecular complexity index is 852. The van der Waals surface area contributed by atoms with Gasteiger partial charge in [-0.15, -0.1) is 0 Å². The third-order valence-corrected chi connectivity index (χ3v) is 4.61. The van der Waals surface area contributed by atoms with Crippen LogP contribution in [0.5, 0.6) is 0 Å². The number of aromatic nitrogens is 2. The van der Waals surface area contributed by atoms with E-state index in [-0.39, 0.29) is 0 Å². The van der Waals surface area contributed by atoms with Crippen molar-refractivity contribution in [3.05, 3.63) is 72.4 Å². The Labute approximate surface area is 148 Å². The van der Waals surface area contributed by atoms with Gasteiger partial charge in [0.15, 0.2) is 0 Å². The van der Waals surface area contributed by atoms with Crippen molar-refractivity contribution in [2.24, 2.45) is 0 Å². The van der Waals surface area contributed by atoms with E-state index in [1.165, 1.54) is 5.56 Å². The predicted octanol–water partition coefficient (Wildman–Crippen LogP) is 3.47. The van der Waals surface area contributed by atoms with Crippen molar-refractivity contribution >= 4 is 22.9 Å². The Hall–Kier alpha value is -2.72. The maximum Gasteiger partial charge on any atom is 0.147 e. The van der Waals surface area contributed by atoms with E-state index < -0.39 is 0 Å². The van der Waals surface area contributed by atoms with Gasteiger partial charge in [-0.05, 0) is 17.7 Å². The number of anilines is 1. The third-order valence-electron chi connectivity index (χ3n) is 4.61. The summed E-state index contributed by atoms with van der Waals surface area (Å²) in [5.74, 6) is 0.984. The van der Waals surface area contributed by atoms with Crippen LogP contribution in [-0.2, 0) is 0 Å². The molecule has 126 valence electrons. The van der Waals surface area contributed by atoms with Crippen LogP contribution < -0.4 is 4.90 Å². The second kappa shape index (κ2) is 7.45. The van der Waals surface area contributed by atoms with Crippen molar-refractivity contribution in [1.29, 1.82) is 0 Å². The Morgan fingerprint density at radius 3 is 2.36 bits per heavy atom. The maximum absolute atomic E-state index is 4.76. The molecule has 25 heavy (non-hydrogen) atoms. The lowest BCUT2D eigenvalue weighted by molar-refractivity contribution is 0.283.